The fraction of sp³-hybridized carbons (Fsp3) is 0.895. The van der Waals surface area contributed by atoms with Crippen LogP contribution >= 0.6 is 0 Å². The van der Waals surface area contributed by atoms with Crippen molar-refractivity contribution in [3.8, 4) is 0 Å². The van der Waals surface area contributed by atoms with Crippen LogP contribution in [0.4, 0.5) is 0 Å². The summed E-state index contributed by atoms with van der Waals surface area (Å²) in [5, 5.41) is 7.75. The van der Waals surface area contributed by atoms with Crippen LogP contribution in [-0.4, -0.2) is 31.0 Å². The molecule has 128 valence electrons. The van der Waals surface area contributed by atoms with Crippen molar-refractivity contribution in [2.75, 3.05) is 13.2 Å². The van der Waals surface area contributed by atoms with Gasteiger partial charge in [0.05, 0.1) is 6.61 Å². The number of nitrogens with one attached hydrogen (secondary N) is 2. The van der Waals surface area contributed by atoms with Gasteiger partial charge in [-0.2, -0.15) is 0 Å². The van der Waals surface area contributed by atoms with Crippen molar-refractivity contribution in [1.82, 2.24) is 10.6 Å². The zero-order chi connectivity index (χ0) is 16.1. The number of hydrogen-bond donors (Lipinski definition) is 2. The highest BCUT2D eigenvalue weighted by Gasteiger charge is 2.47. The summed E-state index contributed by atoms with van der Waals surface area (Å²) in [6, 6.07) is 0.502. The molecule has 1 saturated carbocycles. The van der Waals surface area contributed by atoms with E-state index < -0.39 is 0 Å². The van der Waals surface area contributed by atoms with Crippen LogP contribution in [0.25, 0.3) is 0 Å². The summed E-state index contributed by atoms with van der Waals surface area (Å²) in [6.45, 7) is 12.4. The minimum atomic E-state index is 0.109. The van der Waals surface area contributed by atoms with E-state index in [1.165, 1.54) is 51.4 Å². The van der Waals surface area contributed by atoms with Gasteiger partial charge in [0.25, 0.3) is 0 Å². The molecule has 2 rings (SSSR count). The number of hydrogen-bond acceptors (Lipinski definition) is 3. The third-order valence-electron chi connectivity index (χ3n) is 5.29. The molecule has 0 bridgehead atoms. The predicted molar refractivity (Wildman–Crippen MR) is 94.0 cm³/mol. The maximum absolute atomic E-state index is 5.93. The summed E-state index contributed by atoms with van der Waals surface area (Å²) in [4.78, 5) is 0. The van der Waals surface area contributed by atoms with E-state index >= 15 is 0 Å². The Bertz CT molecular complexity index is 338. The first-order valence-electron chi connectivity index (χ1n) is 9.21. The zero-order valence-corrected chi connectivity index (χ0v) is 14.9. The first kappa shape index (κ1) is 18.0. The average molecular weight is 309 g/mol. The third-order valence-corrected chi connectivity index (χ3v) is 5.29. The van der Waals surface area contributed by atoms with Crippen molar-refractivity contribution in [3.05, 3.63) is 12.7 Å². The molecule has 2 aliphatic rings. The summed E-state index contributed by atoms with van der Waals surface area (Å²) < 4.78 is 5.93. The lowest BCUT2D eigenvalue weighted by Gasteiger charge is -2.53. The normalized spacial score (nSPS) is 30.3. The molecule has 1 spiro atoms. The lowest BCUT2D eigenvalue weighted by atomic mass is 9.68. The van der Waals surface area contributed by atoms with Crippen LogP contribution in [0.3, 0.4) is 0 Å². The van der Waals surface area contributed by atoms with Crippen molar-refractivity contribution in [2.45, 2.75) is 89.9 Å². The van der Waals surface area contributed by atoms with Crippen molar-refractivity contribution < 1.29 is 4.74 Å². The Hall–Kier alpha value is -0.380. The van der Waals surface area contributed by atoms with E-state index in [1.54, 1.807) is 0 Å². The highest BCUT2D eigenvalue weighted by molar-refractivity contribution is 5.07. The van der Waals surface area contributed by atoms with Crippen LogP contribution in [0.2, 0.25) is 0 Å². The third kappa shape index (κ3) is 4.56. The highest BCUT2D eigenvalue weighted by Crippen LogP contribution is 2.38. The van der Waals surface area contributed by atoms with E-state index in [-0.39, 0.29) is 17.2 Å². The van der Waals surface area contributed by atoms with Gasteiger partial charge in [0.15, 0.2) is 0 Å². The van der Waals surface area contributed by atoms with Crippen LogP contribution in [0.15, 0.2) is 12.7 Å². The Kier molecular flexibility index (Phi) is 6.48. The molecule has 0 amide bonds. The highest BCUT2D eigenvalue weighted by atomic mass is 16.5. The molecule has 0 aromatic carbocycles. The summed E-state index contributed by atoms with van der Waals surface area (Å²) in [6.07, 6.45) is 12.7. The summed E-state index contributed by atoms with van der Waals surface area (Å²) in [7, 11) is 0. The largest absolute Gasteiger partial charge is 0.358 e. The van der Waals surface area contributed by atoms with Gasteiger partial charge in [-0.15, -0.1) is 6.58 Å². The fourth-order valence-electron chi connectivity index (χ4n) is 4.44. The van der Waals surface area contributed by atoms with Crippen molar-refractivity contribution >= 4 is 0 Å². The second-order valence-electron chi connectivity index (χ2n) is 8.24. The molecule has 1 saturated heterocycles. The van der Waals surface area contributed by atoms with E-state index in [0.29, 0.717) is 12.6 Å². The molecule has 1 aliphatic carbocycles. The van der Waals surface area contributed by atoms with Gasteiger partial charge < -0.3 is 10.1 Å². The van der Waals surface area contributed by atoms with Crippen molar-refractivity contribution in [1.29, 1.82) is 0 Å². The average Bonchev–Trinajstić information content (AvgIpc) is 2.57. The van der Waals surface area contributed by atoms with Crippen LogP contribution in [-0.2, 0) is 4.74 Å². The summed E-state index contributed by atoms with van der Waals surface area (Å²) >= 11 is 0. The summed E-state index contributed by atoms with van der Waals surface area (Å²) in [5.74, 6) is 0. The molecule has 1 heterocycles. The second-order valence-corrected chi connectivity index (χ2v) is 8.24. The molecule has 0 aromatic rings. The van der Waals surface area contributed by atoms with Gasteiger partial charge in [-0.1, -0.05) is 65.4 Å². The van der Waals surface area contributed by atoms with Gasteiger partial charge in [-0.25, -0.2) is 0 Å². The smallest absolute Gasteiger partial charge is 0.121 e. The fourth-order valence-corrected chi connectivity index (χ4v) is 4.44. The van der Waals surface area contributed by atoms with Crippen LogP contribution < -0.4 is 10.6 Å². The van der Waals surface area contributed by atoms with E-state index in [1.807, 2.05) is 6.08 Å². The molecule has 22 heavy (non-hydrogen) atoms. The molecule has 1 aliphatic heterocycles. The molecule has 2 atom stereocenters. The lowest BCUT2D eigenvalue weighted by Crippen LogP contribution is -2.72. The van der Waals surface area contributed by atoms with E-state index in [4.69, 9.17) is 4.74 Å². The molecular weight excluding hydrogens is 272 g/mol. The first-order valence-corrected chi connectivity index (χ1v) is 9.21. The predicted octanol–water partition coefficient (Wildman–Crippen LogP) is 4.00. The standard InChI is InChI=1S/C19H36N2O/c1-5-14-22-16-15-20-17(18(2,3)4)19(21-16)12-10-8-6-7-9-11-13-19/h5,16-17,20-21H,1,6-15H2,2-4H3. The number of ether oxygens (including phenoxy) is 1. The molecule has 0 aromatic heterocycles. The maximum Gasteiger partial charge on any atom is 0.121 e. The van der Waals surface area contributed by atoms with E-state index in [0.717, 1.165) is 6.54 Å². The Morgan fingerprint density at radius 3 is 2.23 bits per heavy atom. The zero-order valence-electron chi connectivity index (χ0n) is 14.9. The summed E-state index contributed by atoms with van der Waals surface area (Å²) in [5.41, 5.74) is 0.428. The van der Waals surface area contributed by atoms with Crippen LogP contribution in [0.5, 0.6) is 0 Å². The van der Waals surface area contributed by atoms with Gasteiger partial charge in [0, 0.05) is 18.1 Å². The Labute approximate surface area is 137 Å². The first-order chi connectivity index (χ1) is 10.5. The van der Waals surface area contributed by atoms with E-state index in [2.05, 4.69) is 38.0 Å². The minimum Gasteiger partial charge on any atom is -0.358 e. The number of piperazine rings is 1. The molecular formula is C19H36N2O. The molecule has 0 radical (unpaired) electrons. The Balaban J connectivity index is 2.17. The van der Waals surface area contributed by atoms with E-state index in [9.17, 15) is 0 Å². The van der Waals surface area contributed by atoms with Gasteiger partial charge >= 0.3 is 0 Å². The number of rotatable bonds is 3. The lowest BCUT2D eigenvalue weighted by molar-refractivity contribution is -0.0423. The Morgan fingerprint density at radius 1 is 1.09 bits per heavy atom. The van der Waals surface area contributed by atoms with Crippen LogP contribution in [0.1, 0.15) is 72.1 Å². The maximum atomic E-state index is 5.93. The van der Waals surface area contributed by atoms with Gasteiger partial charge in [-0.3, -0.25) is 5.32 Å². The molecule has 2 N–H and O–H groups in total. The SMILES string of the molecule is C=CCOC1CNC(C(C)(C)C)C2(CCCCCCCC2)N1. The van der Waals surface area contributed by atoms with Gasteiger partial charge in [0.1, 0.15) is 6.23 Å². The van der Waals surface area contributed by atoms with Crippen LogP contribution in [0, 0.1) is 5.41 Å². The Morgan fingerprint density at radius 2 is 1.68 bits per heavy atom. The topological polar surface area (TPSA) is 33.3 Å². The molecule has 3 nitrogen and oxygen atoms in total. The van der Waals surface area contributed by atoms with Crippen molar-refractivity contribution in [3.63, 3.8) is 0 Å². The van der Waals surface area contributed by atoms with Gasteiger partial charge in [-0.05, 0) is 18.3 Å². The minimum absolute atomic E-state index is 0.109. The molecule has 3 heteroatoms. The molecule has 2 unspecified atom stereocenters. The second kappa shape index (κ2) is 7.94. The quantitative estimate of drug-likeness (QED) is 0.773. The monoisotopic (exact) mass is 308 g/mol. The van der Waals surface area contributed by atoms with Gasteiger partial charge in [0.2, 0.25) is 0 Å². The molecule has 2 fully saturated rings. The van der Waals surface area contributed by atoms with Crippen molar-refractivity contribution in [2.24, 2.45) is 5.41 Å².